The molecule has 0 saturated carbocycles. The summed E-state index contributed by atoms with van der Waals surface area (Å²) in [5.74, 6) is 0. The summed E-state index contributed by atoms with van der Waals surface area (Å²) in [5.41, 5.74) is 6.23. The Balaban J connectivity index is 3.01. The Hall–Kier alpha value is -1.33. The first kappa shape index (κ1) is 14.7. The Morgan fingerprint density at radius 2 is 2.06 bits per heavy atom. The first-order valence-corrected chi connectivity index (χ1v) is 6.28. The molecule has 0 radical (unpaired) electrons. The Morgan fingerprint density at radius 3 is 2.44 bits per heavy atom. The maximum atomic E-state index is 10.6. The van der Waals surface area contributed by atoms with E-state index in [2.05, 4.69) is 5.32 Å². The van der Waals surface area contributed by atoms with Gasteiger partial charge in [0.05, 0.1) is 15.6 Å². The van der Waals surface area contributed by atoms with E-state index >= 15 is 0 Å². The third-order valence-corrected chi connectivity index (χ3v) is 3.62. The summed E-state index contributed by atoms with van der Waals surface area (Å²) in [6.07, 6.45) is 1.71. The molecule has 0 bridgehead atoms. The second-order valence-electron chi connectivity index (χ2n) is 4.24. The first-order valence-electron chi connectivity index (χ1n) is 5.90. The predicted molar refractivity (Wildman–Crippen MR) is 74.1 cm³/mol. The largest absolute Gasteiger partial charge is 0.377 e. The third kappa shape index (κ3) is 3.11. The summed E-state index contributed by atoms with van der Waals surface area (Å²) in [5, 5.41) is 14.3. The standard InChI is InChI=1S/C12H18ClN3O2/c1-3-12(4-2,8-14)15-11-6-5-9(16(17)18)7-10(11)13/h5-7,15H,3-4,8,14H2,1-2H3. The number of halogens is 1. The summed E-state index contributed by atoms with van der Waals surface area (Å²) in [7, 11) is 0. The molecular weight excluding hydrogens is 254 g/mol. The van der Waals surface area contributed by atoms with Gasteiger partial charge in [-0.1, -0.05) is 25.4 Å². The monoisotopic (exact) mass is 271 g/mol. The number of nitro benzene ring substituents is 1. The van der Waals surface area contributed by atoms with Crippen molar-refractivity contribution in [3.63, 3.8) is 0 Å². The highest BCUT2D eigenvalue weighted by Gasteiger charge is 2.25. The molecule has 1 rings (SSSR count). The summed E-state index contributed by atoms with van der Waals surface area (Å²) in [6.45, 7) is 4.57. The highest BCUT2D eigenvalue weighted by Crippen LogP contribution is 2.30. The average molecular weight is 272 g/mol. The predicted octanol–water partition coefficient (Wildman–Crippen LogP) is 3.18. The molecule has 0 amide bonds. The van der Waals surface area contributed by atoms with Crippen LogP contribution in [0.5, 0.6) is 0 Å². The van der Waals surface area contributed by atoms with Crippen molar-refractivity contribution >= 4 is 23.0 Å². The van der Waals surface area contributed by atoms with Gasteiger partial charge < -0.3 is 11.1 Å². The Morgan fingerprint density at radius 1 is 1.44 bits per heavy atom. The fraction of sp³-hybridized carbons (Fsp3) is 0.500. The molecule has 0 saturated heterocycles. The minimum atomic E-state index is -0.467. The molecule has 100 valence electrons. The second kappa shape index (κ2) is 6.02. The van der Waals surface area contributed by atoms with E-state index in [1.807, 2.05) is 13.8 Å². The molecule has 0 heterocycles. The van der Waals surface area contributed by atoms with Gasteiger partial charge in [0.2, 0.25) is 0 Å². The van der Waals surface area contributed by atoms with Crippen LogP contribution in [0.1, 0.15) is 26.7 Å². The molecule has 0 spiro atoms. The number of anilines is 1. The summed E-state index contributed by atoms with van der Waals surface area (Å²) >= 11 is 6.04. The van der Waals surface area contributed by atoms with E-state index in [1.165, 1.54) is 12.1 Å². The van der Waals surface area contributed by atoms with Crippen LogP contribution in [0.2, 0.25) is 5.02 Å². The van der Waals surface area contributed by atoms with Crippen LogP contribution in [0.15, 0.2) is 18.2 Å². The SMILES string of the molecule is CCC(CC)(CN)Nc1ccc([N+](=O)[O-])cc1Cl. The van der Waals surface area contributed by atoms with Gasteiger partial charge in [-0.15, -0.1) is 0 Å². The number of hydrogen-bond acceptors (Lipinski definition) is 4. The van der Waals surface area contributed by atoms with E-state index in [0.717, 1.165) is 12.8 Å². The molecule has 0 fully saturated rings. The lowest BCUT2D eigenvalue weighted by Gasteiger charge is -2.33. The van der Waals surface area contributed by atoms with E-state index < -0.39 is 4.92 Å². The number of nitrogens with zero attached hydrogens (tertiary/aromatic N) is 1. The smallest absolute Gasteiger partial charge is 0.271 e. The first-order chi connectivity index (χ1) is 8.48. The highest BCUT2D eigenvalue weighted by atomic mass is 35.5. The van der Waals surface area contributed by atoms with Crippen molar-refractivity contribution in [1.82, 2.24) is 0 Å². The molecule has 0 aliphatic heterocycles. The molecule has 0 aliphatic rings. The van der Waals surface area contributed by atoms with Crippen LogP contribution in [0.4, 0.5) is 11.4 Å². The molecule has 6 heteroatoms. The number of nitro groups is 1. The Kier molecular flexibility index (Phi) is 4.93. The fourth-order valence-electron chi connectivity index (χ4n) is 1.77. The highest BCUT2D eigenvalue weighted by molar-refractivity contribution is 6.33. The fourth-order valence-corrected chi connectivity index (χ4v) is 1.99. The van der Waals surface area contributed by atoms with Crippen molar-refractivity contribution in [3.8, 4) is 0 Å². The van der Waals surface area contributed by atoms with Gasteiger partial charge in [0.15, 0.2) is 0 Å². The lowest BCUT2D eigenvalue weighted by molar-refractivity contribution is -0.384. The van der Waals surface area contributed by atoms with Crippen molar-refractivity contribution in [1.29, 1.82) is 0 Å². The molecule has 0 aromatic heterocycles. The van der Waals surface area contributed by atoms with Crippen LogP contribution in [0, 0.1) is 10.1 Å². The number of non-ortho nitro benzene ring substituents is 1. The van der Waals surface area contributed by atoms with Crippen molar-refractivity contribution in [2.75, 3.05) is 11.9 Å². The maximum absolute atomic E-state index is 10.6. The van der Waals surface area contributed by atoms with Crippen molar-refractivity contribution in [3.05, 3.63) is 33.3 Å². The molecule has 0 unspecified atom stereocenters. The zero-order chi connectivity index (χ0) is 13.8. The molecular formula is C12H18ClN3O2. The van der Waals surface area contributed by atoms with Gasteiger partial charge >= 0.3 is 0 Å². The molecule has 1 aromatic rings. The van der Waals surface area contributed by atoms with Gasteiger partial charge in [0.1, 0.15) is 0 Å². The Bertz CT molecular complexity index is 425. The summed E-state index contributed by atoms with van der Waals surface area (Å²) < 4.78 is 0. The topological polar surface area (TPSA) is 81.2 Å². The molecule has 5 nitrogen and oxygen atoms in total. The maximum Gasteiger partial charge on any atom is 0.271 e. The van der Waals surface area contributed by atoms with Crippen LogP contribution in [-0.2, 0) is 0 Å². The molecule has 0 aliphatic carbocycles. The van der Waals surface area contributed by atoms with Gasteiger partial charge in [-0.3, -0.25) is 10.1 Å². The van der Waals surface area contributed by atoms with Gasteiger partial charge in [-0.2, -0.15) is 0 Å². The molecule has 1 aromatic carbocycles. The zero-order valence-corrected chi connectivity index (χ0v) is 11.3. The lowest BCUT2D eigenvalue weighted by Crippen LogP contribution is -2.44. The Labute approximate surface area is 111 Å². The number of nitrogens with one attached hydrogen (secondary N) is 1. The third-order valence-electron chi connectivity index (χ3n) is 3.31. The zero-order valence-electron chi connectivity index (χ0n) is 10.6. The minimum Gasteiger partial charge on any atom is -0.377 e. The van der Waals surface area contributed by atoms with Crippen molar-refractivity contribution in [2.45, 2.75) is 32.2 Å². The molecule has 18 heavy (non-hydrogen) atoms. The number of nitrogens with two attached hydrogens (primary N) is 1. The van der Waals surface area contributed by atoms with E-state index in [-0.39, 0.29) is 11.2 Å². The van der Waals surface area contributed by atoms with E-state index in [1.54, 1.807) is 6.07 Å². The van der Waals surface area contributed by atoms with E-state index in [9.17, 15) is 10.1 Å². The molecule has 3 N–H and O–H groups in total. The van der Waals surface area contributed by atoms with E-state index in [0.29, 0.717) is 17.3 Å². The van der Waals surface area contributed by atoms with Crippen LogP contribution < -0.4 is 11.1 Å². The number of hydrogen-bond donors (Lipinski definition) is 2. The number of rotatable bonds is 6. The van der Waals surface area contributed by atoms with E-state index in [4.69, 9.17) is 17.3 Å². The van der Waals surface area contributed by atoms with Crippen LogP contribution >= 0.6 is 11.6 Å². The summed E-state index contributed by atoms with van der Waals surface area (Å²) in [6, 6.07) is 4.40. The van der Waals surface area contributed by atoms with Gasteiger partial charge in [0.25, 0.3) is 5.69 Å². The minimum absolute atomic E-state index is 0.0168. The quantitative estimate of drug-likeness (QED) is 0.615. The average Bonchev–Trinajstić information content (AvgIpc) is 2.38. The van der Waals surface area contributed by atoms with Gasteiger partial charge in [0, 0.05) is 24.2 Å². The van der Waals surface area contributed by atoms with Crippen LogP contribution in [0.3, 0.4) is 0 Å². The lowest BCUT2D eigenvalue weighted by atomic mass is 9.92. The van der Waals surface area contributed by atoms with Crippen LogP contribution in [0.25, 0.3) is 0 Å². The molecule has 0 atom stereocenters. The summed E-state index contributed by atoms with van der Waals surface area (Å²) in [4.78, 5) is 10.2. The van der Waals surface area contributed by atoms with Crippen molar-refractivity contribution in [2.24, 2.45) is 5.73 Å². The second-order valence-corrected chi connectivity index (χ2v) is 4.65. The normalized spacial score (nSPS) is 11.3. The van der Waals surface area contributed by atoms with Gasteiger partial charge in [-0.25, -0.2) is 0 Å². The van der Waals surface area contributed by atoms with Crippen LogP contribution in [-0.4, -0.2) is 17.0 Å². The van der Waals surface area contributed by atoms with Crippen molar-refractivity contribution < 1.29 is 4.92 Å². The number of benzene rings is 1. The van der Waals surface area contributed by atoms with Gasteiger partial charge in [-0.05, 0) is 18.9 Å².